The molecular weight excluding hydrogens is 210 g/mol. The van der Waals surface area contributed by atoms with Crippen LogP contribution in [0.4, 0.5) is 0 Å². The van der Waals surface area contributed by atoms with E-state index in [1.807, 2.05) is 53.5 Å². The summed E-state index contributed by atoms with van der Waals surface area (Å²) in [4.78, 5) is 13.6. The molecule has 2 nitrogen and oxygen atoms in total. The molecule has 2 heteroatoms. The second-order valence-corrected chi connectivity index (χ2v) is 4.16. The van der Waals surface area contributed by atoms with E-state index < -0.39 is 0 Å². The molecule has 0 spiro atoms. The summed E-state index contributed by atoms with van der Waals surface area (Å²) in [5.41, 5.74) is 1.14. The van der Waals surface area contributed by atoms with Crippen molar-refractivity contribution in [2.75, 3.05) is 13.1 Å². The second-order valence-electron chi connectivity index (χ2n) is 4.16. The van der Waals surface area contributed by atoms with E-state index in [-0.39, 0.29) is 5.91 Å². The maximum absolute atomic E-state index is 11.7. The highest BCUT2D eigenvalue weighted by Gasteiger charge is 2.14. The molecule has 0 atom stereocenters. The van der Waals surface area contributed by atoms with Crippen LogP contribution >= 0.6 is 0 Å². The van der Waals surface area contributed by atoms with Crippen molar-refractivity contribution in [1.29, 1.82) is 0 Å². The maximum atomic E-state index is 11.7. The van der Waals surface area contributed by atoms with Crippen molar-refractivity contribution < 1.29 is 4.79 Å². The van der Waals surface area contributed by atoms with Crippen LogP contribution in [0.3, 0.4) is 0 Å². The Hall–Kier alpha value is -1.83. The molecule has 0 radical (unpaired) electrons. The summed E-state index contributed by atoms with van der Waals surface area (Å²) in [6.45, 7) is 1.82. The van der Waals surface area contributed by atoms with E-state index in [0.717, 1.165) is 31.5 Å². The number of hydrogen-bond donors (Lipinski definition) is 0. The lowest BCUT2D eigenvalue weighted by Gasteiger charge is -2.11. The molecular formula is C15H17NO. The van der Waals surface area contributed by atoms with Crippen molar-refractivity contribution in [1.82, 2.24) is 4.90 Å². The Balaban J connectivity index is 1.85. The van der Waals surface area contributed by atoms with Gasteiger partial charge in [0.05, 0.1) is 0 Å². The molecule has 1 aromatic rings. The minimum absolute atomic E-state index is 0.125. The van der Waals surface area contributed by atoms with E-state index in [2.05, 4.69) is 0 Å². The quantitative estimate of drug-likeness (QED) is 0.574. The smallest absolute Gasteiger partial charge is 0.246 e. The van der Waals surface area contributed by atoms with Gasteiger partial charge in [-0.25, -0.2) is 0 Å². The molecule has 0 unspecified atom stereocenters. The average Bonchev–Trinajstić information content (AvgIpc) is 2.89. The summed E-state index contributed by atoms with van der Waals surface area (Å²) in [7, 11) is 0. The Morgan fingerprint density at radius 1 is 1.06 bits per heavy atom. The van der Waals surface area contributed by atoms with Crippen LogP contribution in [-0.2, 0) is 4.79 Å². The summed E-state index contributed by atoms with van der Waals surface area (Å²) in [5, 5.41) is 0. The van der Waals surface area contributed by atoms with Gasteiger partial charge in [-0.1, -0.05) is 48.6 Å². The van der Waals surface area contributed by atoms with Gasteiger partial charge in [0.2, 0.25) is 5.91 Å². The summed E-state index contributed by atoms with van der Waals surface area (Å²) < 4.78 is 0. The van der Waals surface area contributed by atoms with Gasteiger partial charge in [0, 0.05) is 19.2 Å². The molecule has 1 amide bonds. The molecule has 88 valence electrons. The minimum Gasteiger partial charge on any atom is -0.339 e. The van der Waals surface area contributed by atoms with Gasteiger partial charge in [-0.05, 0) is 18.4 Å². The molecule has 0 saturated carbocycles. The van der Waals surface area contributed by atoms with E-state index in [4.69, 9.17) is 0 Å². The molecule has 1 aliphatic heterocycles. The number of likely N-dealkylation sites (tertiary alicyclic amines) is 1. The van der Waals surface area contributed by atoms with Crippen molar-refractivity contribution in [3.8, 4) is 0 Å². The third-order valence-electron chi connectivity index (χ3n) is 2.86. The van der Waals surface area contributed by atoms with E-state index in [9.17, 15) is 4.79 Å². The third-order valence-corrected chi connectivity index (χ3v) is 2.86. The van der Waals surface area contributed by atoms with Crippen LogP contribution in [0.15, 0.2) is 48.6 Å². The molecule has 0 aromatic heterocycles. The van der Waals surface area contributed by atoms with E-state index in [0.29, 0.717) is 0 Å². The topological polar surface area (TPSA) is 20.3 Å². The van der Waals surface area contributed by atoms with Crippen LogP contribution in [0.1, 0.15) is 18.4 Å². The lowest BCUT2D eigenvalue weighted by Crippen LogP contribution is -2.25. The predicted octanol–water partition coefficient (Wildman–Crippen LogP) is 2.88. The molecule has 1 heterocycles. The number of benzene rings is 1. The first kappa shape index (κ1) is 11.6. The zero-order chi connectivity index (χ0) is 11.9. The van der Waals surface area contributed by atoms with Gasteiger partial charge in [-0.3, -0.25) is 4.79 Å². The van der Waals surface area contributed by atoms with Crippen LogP contribution in [0.2, 0.25) is 0 Å². The maximum Gasteiger partial charge on any atom is 0.246 e. The highest BCUT2D eigenvalue weighted by atomic mass is 16.2. The Labute approximate surface area is 102 Å². The van der Waals surface area contributed by atoms with Gasteiger partial charge >= 0.3 is 0 Å². The molecule has 0 aliphatic carbocycles. The van der Waals surface area contributed by atoms with Crippen LogP contribution in [0.25, 0.3) is 6.08 Å². The molecule has 1 aromatic carbocycles. The van der Waals surface area contributed by atoms with Crippen molar-refractivity contribution in [2.24, 2.45) is 0 Å². The minimum atomic E-state index is 0.125. The van der Waals surface area contributed by atoms with Gasteiger partial charge in [0.25, 0.3) is 0 Å². The fourth-order valence-corrected chi connectivity index (χ4v) is 1.91. The molecule has 1 aliphatic rings. The lowest BCUT2D eigenvalue weighted by atomic mass is 10.2. The van der Waals surface area contributed by atoms with E-state index >= 15 is 0 Å². The number of rotatable bonds is 3. The van der Waals surface area contributed by atoms with E-state index in [1.165, 1.54) is 0 Å². The fraction of sp³-hybridized carbons (Fsp3) is 0.267. The molecule has 1 fully saturated rings. The first-order valence-electron chi connectivity index (χ1n) is 6.05. The number of allylic oxidation sites excluding steroid dienone is 2. The van der Waals surface area contributed by atoms with Gasteiger partial charge in [-0.15, -0.1) is 0 Å². The normalized spacial score (nSPS) is 16.1. The van der Waals surface area contributed by atoms with E-state index in [1.54, 1.807) is 6.08 Å². The van der Waals surface area contributed by atoms with Crippen molar-refractivity contribution >= 4 is 12.0 Å². The largest absolute Gasteiger partial charge is 0.339 e. The SMILES string of the molecule is O=C(/C=C\C=C/c1ccccc1)N1CCCC1. The first-order chi connectivity index (χ1) is 8.36. The highest BCUT2D eigenvalue weighted by molar-refractivity contribution is 5.88. The third kappa shape index (κ3) is 3.59. The van der Waals surface area contributed by atoms with Gasteiger partial charge < -0.3 is 4.90 Å². The monoisotopic (exact) mass is 227 g/mol. The Morgan fingerprint density at radius 3 is 2.47 bits per heavy atom. The molecule has 2 rings (SSSR count). The zero-order valence-corrected chi connectivity index (χ0v) is 9.88. The number of carbonyl (C=O) groups excluding carboxylic acids is 1. The molecule has 1 saturated heterocycles. The number of hydrogen-bond acceptors (Lipinski definition) is 1. The summed E-state index contributed by atoms with van der Waals surface area (Å²) in [6, 6.07) is 10.1. The summed E-state index contributed by atoms with van der Waals surface area (Å²) in [6.07, 6.45) is 9.63. The van der Waals surface area contributed by atoms with Crippen LogP contribution in [0.5, 0.6) is 0 Å². The first-order valence-corrected chi connectivity index (χ1v) is 6.05. The zero-order valence-electron chi connectivity index (χ0n) is 9.88. The van der Waals surface area contributed by atoms with Crippen LogP contribution < -0.4 is 0 Å². The van der Waals surface area contributed by atoms with Gasteiger partial charge in [0.1, 0.15) is 0 Å². The molecule has 0 N–H and O–H groups in total. The van der Waals surface area contributed by atoms with Crippen LogP contribution in [0, 0.1) is 0 Å². The van der Waals surface area contributed by atoms with Crippen molar-refractivity contribution in [2.45, 2.75) is 12.8 Å². The molecule has 17 heavy (non-hydrogen) atoms. The number of amides is 1. The Bertz CT molecular complexity index is 414. The molecule has 0 bridgehead atoms. The number of carbonyl (C=O) groups is 1. The Kier molecular flexibility index (Phi) is 4.14. The number of nitrogens with zero attached hydrogens (tertiary/aromatic N) is 1. The fourth-order valence-electron chi connectivity index (χ4n) is 1.91. The average molecular weight is 227 g/mol. The van der Waals surface area contributed by atoms with Gasteiger partial charge in [-0.2, -0.15) is 0 Å². The summed E-state index contributed by atoms with van der Waals surface area (Å²) >= 11 is 0. The Morgan fingerprint density at radius 2 is 1.76 bits per heavy atom. The highest BCUT2D eigenvalue weighted by Crippen LogP contribution is 2.07. The standard InChI is InChI=1S/C15H17NO/c17-15(16-12-6-7-13-16)11-5-4-10-14-8-2-1-3-9-14/h1-5,8-11H,6-7,12-13H2/b10-4-,11-5-. The lowest BCUT2D eigenvalue weighted by molar-refractivity contribution is -0.124. The van der Waals surface area contributed by atoms with Crippen molar-refractivity contribution in [3.63, 3.8) is 0 Å². The van der Waals surface area contributed by atoms with Crippen LogP contribution in [-0.4, -0.2) is 23.9 Å². The second kappa shape index (κ2) is 6.04. The van der Waals surface area contributed by atoms with Gasteiger partial charge in [0.15, 0.2) is 0 Å². The van der Waals surface area contributed by atoms with Crippen molar-refractivity contribution in [3.05, 3.63) is 54.1 Å². The predicted molar refractivity (Wildman–Crippen MR) is 70.4 cm³/mol. The summed E-state index contributed by atoms with van der Waals surface area (Å²) in [5.74, 6) is 0.125.